The molecular formula is C19H23N2O4-. The van der Waals surface area contributed by atoms with Crippen LogP contribution in [0.2, 0.25) is 0 Å². The Morgan fingerprint density at radius 1 is 1.28 bits per heavy atom. The fourth-order valence-corrected chi connectivity index (χ4v) is 3.42. The molecule has 0 spiro atoms. The highest BCUT2D eigenvalue weighted by molar-refractivity contribution is 5.74. The summed E-state index contributed by atoms with van der Waals surface area (Å²) in [7, 11) is 1.61. The van der Waals surface area contributed by atoms with E-state index in [9.17, 15) is 10.3 Å². The van der Waals surface area contributed by atoms with Gasteiger partial charge in [-0.3, -0.25) is 10.1 Å². The van der Waals surface area contributed by atoms with Gasteiger partial charge in [-0.2, -0.15) is 0 Å². The van der Waals surface area contributed by atoms with Gasteiger partial charge in [0.1, 0.15) is 5.75 Å². The number of methoxy groups -OCH3 is 1. The van der Waals surface area contributed by atoms with Crippen LogP contribution in [-0.2, 0) is 6.54 Å². The van der Waals surface area contributed by atoms with Gasteiger partial charge in [0.05, 0.1) is 19.4 Å². The molecule has 2 aromatic carbocycles. The first-order valence-corrected chi connectivity index (χ1v) is 8.40. The Morgan fingerprint density at radius 2 is 2.12 bits per heavy atom. The van der Waals surface area contributed by atoms with Crippen LogP contribution in [-0.4, -0.2) is 41.5 Å². The SMILES string of the molecule is COc1ccc(CN2CCC[C@H]2CO)cc1-c1cccc(N([O-])O)c1. The fourth-order valence-electron chi connectivity index (χ4n) is 3.42. The molecule has 1 aliphatic heterocycles. The van der Waals surface area contributed by atoms with Crippen molar-refractivity contribution < 1.29 is 15.1 Å². The number of ether oxygens (including phenoxy) is 1. The first-order chi connectivity index (χ1) is 12.1. The number of benzene rings is 2. The number of likely N-dealkylation sites (tertiary alicyclic amines) is 1. The minimum Gasteiger partial charge on any atom is -0.733 e. The average molecular weight is 343 g/mol. The summed E-state index contributed by atoms with van der Waals surface area (Å²) in [5, 5.41) is 29.6. The zero-order chi connectivity index (χ0) is 17.8. The van der Waals surface area contributed by atoms with Crippen molar-refractivity contribution >= 4 is 5.69 Å². The Balaban J connectivity index is 1.91. The van der Waals surface area contributed by atoms with Crippen LogP contribution in [0.4, 0.5) is 5.69 Å². The largest absolute Gasteiger partial charge is 0.733 e. The summed E-state index contributed by atoms with van der Waals surface area (Å²) in [5.74, 6) is 0.705. The molecule has 0 aromatic heterocycles. The Bertz CT molecular complexity index is 720. The zero-order valence-corrected chi connectivity index (χ0v) is 14.3. The maximum atomic E-state index is 11.2. The predicted octanol–water partition coefficient (Wildman–Crippen LogP) is 3.01. The molecule has 1 saturated heterocycles. The third-order valence-corrected chi connectivity index (χ3v) is 4.74. The Morgan fingerprint density at radius 3 is 2.84 bits per heavy atom. The lowest BCUT2D eigenvalue weighted by atomic mass is 10.0. The van der Waals surface area contributed by atoms with E-state index in [2.05, 4.69) is 4.90 Å². The molecule has 0 amide bonds. The van der Waals surface area contributed by atoms with E-state index in [0.29, 0.717) is 5.75 Å². The van der Waals surface area contributed by atoms with Crippen LogP contribution < -0.4 is 9.96 Å². The molecule has 3 rings (SSSR count). The van der Waals surface area contributed by atoms with E-state index in [0.717, 1.165) is 42.6 Å². The maximum absolute atomic E-state index is 11.2. The normalized spacial score (nSPS) is 17.7. The van der Waals surface area contributed by atoms with Crippen LogP contribution in [0.5, 0.6) is 5.75 Å². The van der Waals surface area contributed by atoms with E-state index in [4.69, 9.17) is 9.94 Å². The highest BCUT2D eigenvalue weighted by atomic mass is 16.8. The number of hydrogen-bond acceptors (Lipinski definition) is 6. The van der Waals surface area contributed by atoms with Crippen LogP contribution in [0.25, 0.3) is 11.1 Å². The molecule has 25 heavy (non-hydrogen) atoms. The van der Waals surface area contributed by atoms with Gasteiger partial charge >= 0.3 is 0 Å². The van der Waals surface area contributed by atoms with Crippen LogP contribution >= 0.6 is 0 Å². The van der Waals surface area contributed by atoms with E-state index in [1.165, 1.54) is 0 Å². The summed E-state index contributed by atoms with van der Waals surface area (Å²) in [6.07, 6.45) is 2.13. The van der Waals surface area contributed by atoms with Crippen molar-refractivity contribution in [2.24, 2.45) is 0 Å². The summed E-state index contributed by atoms with van der Waals surface area (Å²) < 4.78 is 5.46. The van der Waals surface area contributed by atoms with Gasteiger partial charge < -0.3 is 20.3 Å². The van der Waals surface area contributed by atoms with Crippen molar-refractivity contribution in [2.45, 2.75) is 25.4 Å². The van der Waals surface area contributed by atoms with Crippen molar-refractivity contribution in [3.63, 3.8) is 0 Å². The molecule has 1 atom stereocenters. The number of rotatable bonds is 6. The minimum atomic E-state index is -0.143. The van der Waals surface area contributed by atoms with Crippen molar-refractivity contribution in [1.82, 2.24) is 4.90 Å². The second-order valence-corrected chi connectivity index (χ2v) is 6.31. The molecule has 6 heteroatoms. The molecular weight excluding hydrogens is 320 g/mol. The number of nitrogens with zero attached hydrogens (tertiary/aromatic N) is 2. The van der Waals surface area contributed by atoms with E-state index >= 15 is 0 Å². The van der Waals surface area contributed by atoms with Gasteiger partial charge in [-0.1, -0.05) is 18.2 Å². The predicted molar refractivity (Wildman–Crippen MR) is 96.6 cm³/mol. The molecule has 0 bridgehead atoms. The summed E-state index contributed by atoms with van der Waals surface area (Å²) in [4.78, 5) is 2.29. The maximum Gasteiger partial charge on any atom is 0.126 e. The molecule has 0 unspecified atom stereocenters. The van der Waals surface area contributed by atoms with Crippen LogP contribution in [0, 0.1) is 5.21 Å². The molecule has 1 heterocycles. The summed E-state index contributed by atoms with van der Waals surface area (Å²) >= 11 is 0. The van der Waals surface area contributed by atoms with Gasteiger partial charge in [-0.15, -0.1) is 0 Å². The van der Waals surface area contributed by atoms with Crippen molar-refractivity contribution in [1.29, 1.82) is 0 Å². The van der Waals surface area contributed by atoms with Gasteiger partial charge in [0.25, 0.3) is 0 Å². The number of aliphatic hydroxyl groups is 1. The van der Waals surface area contributed by atoms with Crippen LogP contribution in [0.3, 0.4) is 0 Å². The highest BCUT2D eigenvalue weighted by Crippen LogP contribution is 2.33. The number of anilines is 1. The standard InChI is InChI=1S/C19H23N2O4/c1-25-19-8-7-14(12-20-9-3-6-17(20)13-22)10-18(19)15-4-2-5-16(11-15)21(23)24/h2,4-5,7-8,10-11,17,22-23H,3,6,9,12-13H2,1H3/q-1/t17-/m0/s1. The van der Waals surface area contributed by atoms with Gasteiger partial charge in [0.15, 0.2) is 0 Å². The summed E-state index contributed by atoms with van der Waals surface area (Å²) in [6, 6.07) is 13.0. The van der Waals surface area contributed by atoms with Crippen LogP contribution in [0.1, 0.15) is 18.4 Å². The molecule has 0 radical (unpaired) electrons. The van der Waals surface area contributed by atoms with Crippen molar-refractivity contribution in [3.8, 4) is 16.9 Å². The van der Waals surface area contributed by atoms with E-state index < -0.39 is 0 Å². The summed E-state index contributed by atoms with van der Waals surface area (Å²) in [6.45, 7) is 1.92. The second-order valence-electron chi connectivity index (χ2n) is 6.31. The van der Waals surface area contributed by atoms with E-state index in [-0.39, 0.29) is 23.6 Å². The average Bonchev–Trinajstić information content (AvgIpc) is 3.09. The molecule has 2 aromatic rings. The highest BCUT2D eigenvalue weighted by Gasteiger charge is 2.23. The van der Waals surface area contributed by atoms with Gasteiger partial charge in [0, 0.05) is 18.2 Å². The van der Waals surface area contributed by atoms with Crippen molar-refractivity contribution in [3.05, 3.63) is 53.2 Å². The quantitative estimate of drug-likeness (QED) is 0.785. The van der Waals surface area contributed by atoms with Crippen LogP contribution in [0.15, 0.2) is 42.5 Å². The zero-order valence-electron chi connectivity index (χ0n) is 14.3. The third-order valence-electron chi connectivity index (χ3n) is 4.74. The molecule has 0 aliphatic carbocycles. The molecule has 2 N–H and O–H groups in total. The molecule has 134 valence electrons. The van der Waals surface area contributed by atoms with Gasteiger partial charge in [-0.05, 0) is 54.8 Å². The Labute approximate surface area is 147 Å². The Hall–Kier alpha value is -2.12. The topological polar surface area (TPSA) is 79.2 Å². The van der Waals surface area contributed by atoms with E-state index in [1.807, 2.05) is 24.3 Å². The minimum absolute atomic E-state index is 0.143. The van der Waals surface area contributed by atoms with Gasteiger partial charge in [-0.25, -0.2) is 0 Å². The van der Waals surface area contributed by atoms with Crippen molar-refractivity contribution in [2.75, 3.05) is 25.5 Å². The lowest BCUT2D eigenvalue weighted by molar-refractivity contribution is 0.153. The number of aliphatic hydroxyl groups excluding tert-OH is 1. The molecule has 0 saturated carbocycles. The smallest absolute Gasteiger partial charge is 0.126 e. The fraction of sp³-hybridized carbons (Fsp3) is 0.368. The lowest BCUT2D eigenvalue weighted by Gasteiger charge is -2.24. The molecule has 1 fully saturated rings. The third kappa shape index (κ3) is 3.93. The monoisotopic (exact) mass is 343 g/mol. The Kier molecular flexibility index (Phi) is 5.55. The summed E-state index contributed by atoms with van der Waals surface area (Å²) in [5.41, 5.74) is 2.95. The van der Waals surface area contributed by atoms with Gasteiger partial charge in [0.2, 0.25) is 0 Å². The van der Waals surface area contributed by atoms with E-state index in [1.54, 1.807) is 25.3 Å². The molecule has 6 nitrogen and oxygen atoms in total. The first-order valence-electron chi connectivity index (χ1n) is 8.40. The lowest BCUT2D eigenvalue weighted by Crippen LogP contribution is -2.31. The number of hydrogen-bond donors (Lipinski definition) is 2. The second kappa shape index (κ2) is 7.84. The molecule has 1 aliphatic rings. The first kappa shape index (κ1) is 17.7.